The van der Waals surface area contributed by atoms with Crippen LogP contribution in [0.15, 0.2) is 35.4 Å². The summed E-state index contributed by atoms with van der Waals surface area (Å²) in [5, 5.41) is 6.60. The fourth-order valence-electron chi connectivity index (χ4n) is 1.81. The van der Waals surface area contributed by atoms with Crippen molar-refractivity contribution in [2.24, 2.45) is 0 Å². The summed E-state index contributed by atoms with van der Waals surface area (Å²) < 4.78 is 26.3. The second-order valence-corrected chi connectivity index (χ2v) is 6.48. The SMILES string of the molecule is CCN(Cc1ccccc1Cl)S(=O)(=O)c1cn[nH]c1N. The van der Waals surface area contributed by atoms with Crippen LogP contribution in [0.1, 0.15) is 12.5 Å². The van der Waals surface area contributed by atoms with Gasteiger partial charge in [-0.05, 0) is 11.6 Å². The van der Waals surface area contributed by atoms with Gasteiger partial charge in [0.1, 0.15) is 10.7 Å². The highest BCUT2D eigenvalue weighted by Crippen LogP contribution is 2.24. The molecule has 0 aliphatic carbocycles. The van der Waals surface area contributed by atoms with E-state index in [-0.39, 0.29) is 17.3 Å². The average Bonchev–Trinajstić information content (AvgIpc) is 2.84. The molecule has 0 aliphatic rings. The standard InChI is InChI=1S/C12H15ClN4O2S/c1-2-17(8-9-5-3-4-6-10(9)13)20(18,19)11-7-15-16-12(11)14/h3-7H,2,8H2,1H3,(H3,14,15,16). The number of anilines is 1. The Bertz CT molecular complexity index is 699. The van der Waals surface area contributed by atoms with Gasteiger partial charge in [-0.3, -0.25) is 5.10 Å². The Balaban J connectivity index is 2.34. The maximum atomic E-state index is 12.5. The van der Waals surface area contributed by atoms with Crippen LogP contribution < -0.4 is 5.73 Å². The van der Waals surface area contributed by atoms with Crippen LogP contribution in [0.2, 0.25) is 5.02 Å². The van der Waals surface area contributed by atoms with Gasteiger partial charge in [0.05, 0.1) is 6.20 Å². The third-order valence-electron chi connectivity index (χ3n) is 2.91. The van der Waals surface area contributed by atoms with Gasteiger partial charge >= 0.3 is 0 Å². The molecular weight excluding hydrogens is 300 g/mol. The molecule has 0 spiro atoms. The summed E-state index contributed by atoms with van der Waals surface area (Å²) in [6.07, 6.45) is 1.21. The van der Waals surface area contributed by atoms with E-state index in [4.69, 9.17) is 17.3 Å². The highest BCUT2D eigenvalue weighted by atomic mass is 35.5. The number of nitrogen functional groups attached to an aromatic ring is 1. The van der Waals surface area contributed by atoms with E-state index in [1.54, 1.807) is 25.1 Å². The number of nitrogens with zero attached hydrogens (tertiary/aromatic N) is 2. The fraction of sp³-hybridized carbons (Fsp3) is 0.250. The molecule has 0 aliphatic heterocycles. The van der Waals surface area contributed by atoms with Crippen molar-refractivity contribution >= 4 is 27.4 Å². The smallest absolute Gasteiger partial charge is 0.248 e. The van der Waals surface area contributed by atoms with Gasteiger partial charge in [-0.15, -0.1) is 0 Å². The third-order valence-corrected chi connectivity index (χ3v) is 5.22. The lowest BCUT2D eigenvalue weighted by atomic mass is 10.2. The lowest BCUT2D eigenvalue weighted by Gasteiger charge is -2.20. The minimum atomic E-state index is -3.70. The number of nitrogens with two attached hydrogens (primary N) is 1. The van der Waals surface area contributed by atoms with Gasteiger partial charge in [0.15, 0.2) is 0 Å². The molecule has 1 aromatic carbocycles. The van der Waals surface area contributed by atoms with E-state index >= 15 is 0 Å². The monoisotopic (exact) mass is 314 g/mol. The number of aromatic nitrogens is 2. The van der Waals surface area contributed by atoms with Crippen LogP contribution in [0.4, 0.5) is 5.82 Å². The Labute approximate surface area is 122 Å². The van der Waals surface area contributed by atoms with Crippen molar-refractivity contribution < 1.29 is 8.42 Å². The molecule has 2 rings (SSSR count). The Kier molecular flexibility index (Phi) is 4.32. The van der Waals surface area contributed by atoms with Crippen molar-refractivity contribution in [2.45, 2.75) is 18.4 Å². The molecule has 0 fully saturated rings. The summed E-state index contributed by atoms with van der Waals surface area (Å²) in [6.45, 7) is 2.24. The zero-order valence-electron chi connectivity index (χ0n) is 10.9. The van der Waals surface area contributed by atoms with E-state index in [1.807, 2.05) is 6.07 Å². The summed E-state index contributed by atoms with van der Waals surface area (Å²) in [5.41, 5.74) is 6.33. The molecule has 3 N–H and O–H groups in total. The van der Waals surface area contributed by atoms with Crippen LogP contribution in [0.25, 0.3) is 0 Å². The molecule has 0 radical (unpaired) electrons. The number of halogens is 1. The van der Waals surface area contributed by atoms with E-state index in [1.165, 1.54) is 10.5 Å². The topological polar surface area (TPSA) is 92.1 Å². The summed E-state index contributed by atoms with van der Waals surface area (Å²) in [6, 6.07) is 7.13. The maximum Gasteiger partial charge on any atom is 0.248 e. The fourth-order valence-corrected chi connectivity index (χ4v) is 3.45. The molecule has 1 heterocycles. The van der Waals surface area contributed by atoms with Crippen LogP contribution in [-0.2, 0) is 16.6 Å². The van der Waals surface area contributed by atoms with E-state index in [0.717, 1.165) is 5.56 Å². The molecule has 8 heteroatoms. The minimum absolute atomic E-state index is 0.0218. The summed E-state index contributed by atoms with van der Waals surface area (Å²) in [7, 11) is -3.70. The second kappa shape index (κ2) is 5.82. The van der Waals surface area contributed by atoms with Gasteiger partial charge < -0.3 is 5.73 Å². The summed E-state index contributed by atoms with van der Waals surface area (Å²) in [5.74, 6) is 0.0302. The van der Waals surface area contributed by atoms with E-state index in [9.17, 15) is 8.42 Å². The first-order valence-corrected chi connectivity index (χ1v) is 7.81. The first kappa shape index (κ1) is 14.8. The van der Waals surface area contributed by atoms with Gasteiger partial charge in [-0.1, -0.05) is 36.7 Å². The molecule has 0 unspecified atom stereocenters. The van der Waals surface area contributed by atoms with Crippen LogP contribution >= 0.6 is 11.6 Å². The normalized spacial score (nSPS) is 11.9. The molecule has 0 bridgehead atoms. The molecule has 0 saturated heterocycles. The van der Waals surface area contributed by atoms with Crippen molar-refractivity contribution in [1.29, 1.82) is 0 Å². The van der Waals surface area contributed by atoms with Crippen molar-refractivity contribution in [1.82, 2.24) is 14.5 Å². The zero-order chi connectivity index (χ0) is 14.8. The zero-order valence-corrected chi connectivity index (χ0v) is 12.4. The summed E-state index contributed by atoms with van der Waals surface area (Å²) in [4.78, 5) is -0.0218. The molecule has 0 amide bonds. The van der Waals surface area contributed by atoms with Gasteiger partial charge in [-0.25, -0.2) is 8.42 Å². The third kappa shape index (κ3) is 2.79. The van der Waals surface area contributed by atoms with Gasteiger partial charge in [0.2, 0.25) is 10.0 Å². The van der Waals surface area contributed by atoms with Crippen LogP contribution in [-0.4, -0.2) is 29.5 Å². The number of H-pyrrole nitrogens is 1. The van der Waals surface area contributed by atoms with E-state index in [0.29, 0.717) is 11.6 Å². The molecule has 0 saturated carbocycles. The van der Waals surface area contributed by atoms with E-state index in [2.05, 4.69) is 10.2 Å². The second-order valence-electron chi connectivity index (χ2n) is 4.17. The Morgan fingerprint density at radius 3 is 2.65 bits per heavy atom. The van der Waals surface area contributed by atoms with Gasteiger partial charge in [0.25, 0.3) is 0 Å². The van der Waals surface area contributed by atoms with Gasteiger partial charge in [-0.2, -0.15) is 9.40 Å². The quantitative estimate of drug-likeness (QED) is 0.881. The molecule has 6 nitrogen and oxygen atoms in total. The molecule has 0 atom stereocenters. The van der Waals surface area contributed by atoms with Crippen molar-refractivity contribution in [3.8, 4) is 0 Å². The largest absolute Gasteiger partial charge is 0.383 e. The van der Waals surface area contributed by atoms with Crippen molar-refractivity contribution in [3.63, 3.8) is 0 Å². The van der Waals surface area contributed by atoms with E-state index < -0.39 is 10.0 Å². The van der Waals surface area contributed by atoms with Crippen molar-refractivity contribution in [3.05, 3.63) is 41.0 Å². The Morgan fingerprint density at radius 2 is 2.10 bits per heavy atom. The minimum Gasteiger partial charge on any atom is -0.383 e. The maximum absolute atomic E-state index is 12.5. The number of hydrogen-bond acceptors (Lipinski definition) is 4. The summed E-state index contributed by atoms with van der Waals surface area (Å²) >= 11 is 6.07. The highest BCUT2D eigenvalue weighted by Gasteiger charge is 2.27. The van der Waals surface area contributed by atoms with Crippen LogP contribution in [0.3, 0.4) is 0 Å². The molecular formula is C12H15ClN4O2S. The number of aromatic amines is 1. The predicted molar refractivity (Wildman–Crippen MR) is 77.7 cm³/mol. The first-order valence-electron chi connectivity index (χ1n) is 5.99. The highest BCUT2D eigenvalue weighted by molar-refractivity contribution is 7.89. The number of hydrogen-bond donors (Lipinski definition) is 2. The van der Waals surface area contributed by atoms with Crippen molar-refractivity contribution in [2.75, 3.05) is 12.3 Å². The number of benzene rings is 1. The van der Waals surface area contributed by atoms with Gasteiger partial charge in [0, 0.05) is 18.1 Å². The predicted octanol–water partition coefficient (Wildman–Crippen LogP) is 1.86. The van der Waals surface area contributed by atoms with Crippen LogP contribution in [0, 0.1) is 0 Å². The van der Waals surface area contributed by atoms with Crippen LogP contribution in [0.5, 0.6) is 0 Å². The molecule has 2 aromatic rings. The number of nitrogens with one attached hydrogen (secondary N) is 1. The number of sulfonamides is 1. The Hall–Kier alpha value is -1.57. The Morgan fingerprint density at radius 1 is 1.40 bits per heavy atom. The lowest BCUT2D eigenvalue weighted by Crippen LogP contribution is -2.30. The average molecular weight is 315 g/mol. The first-order chi connectivity index (χ1) is 9.46. The molecule has 1 aromatic heterocycles. The molecule has 20 heavy (non-hydrogen) atoms. The number of rotatable bonds is 5. The molecule has 108 valence electrons. The lowest BCUT2D eigenvalue weighted by molar-refractivity contribution is 0.424.